The van der Waals surface area contributed by atoms with E-state index in [1.165, 1.54) is 0 Å². The topological polar surface area (TPSA) is 65.2 Å². The first kappa shape index (κ1) is 11.9. The number of amides is 1. The van der Waals surface area contributed by atoms with Crippen molar-refractivity contribution < 1.29 is 9.59 Å². The minimum absolute atomic E-state index is 0.0193. The van der Waals surface area contributed by atoms with Crippen molar-refractivity contribution >= 4 is 12.2 Å². The Kier molecular flexibility index (Phi) is 3.28. The average Bonchev–Trinajstić information content (AvgIpc) is 2.64. The molecular formula is C12H17N3O2. The van der Waals surface area contributed by atoms with Crippen LogP contribution in [0.2, 0.25) is 0 Å². The van der Waals surface area contributed by atoms with Gasteiger partial charge in [0.1, 0.15) is 0 Å². The van der Waals surface area contributed by atoms with Gasteiger partial charge in [-0.05, 0) is 19.4 Å². The molecule has 2 N–H and O–H groups in total. The highest BCUT2D eigenvalue weighted by Crippen LogP contribution is 2.18. The highest BCUT2D eigenvalue weighted by atomic mass is 16.2. The van der Waals surface area contributed by atoms with Crippen molar-refractivity contribution in [2.75, 3.05) is 26.2 Å². The van der Waals surface area contributed by atoms with Crippen LogP contribution in [0.15, 0.2) is 0 Å². The van der Waals surface area contributed by atoms with E-state index >= 15 is 0 Å². The third-order valence-corrected chi connectivity index (χ3v) is 3.21. The van der Waals surface area contributed by atoms with Crippen LogP contribution in [0.5, 0.6) is 0 Å². The van der Waals surface area contributed by atoms with Crippen molar-refractivity contribution in [3.8, 4) is 0 Å². The normalized spacial score (nSPS) is 16.0. The van der Waals surface area contributed by atoms with E-state index in [2.05, 4.69) is 10.3 Å². The Balaban J connectivity index is 2.29. The van der Waals surface area contributed by atoms with Gasteiger partial charge in [-0.1, -0.05) is 0 Å². The minimum atomic E-state index is 0.0193. The summed E-state index contributed by atoms with van der Waals surface area (Å²) >= 11 is 0. The molecule has 17 heavy (non-hydrogen) atoms. The molecule has 2 heterocycles. The molecule has 1 aliphatic rings. The summed E-state index contributed by atoms with van der Waals surface area (Å²) in [6.07, 6.45) is 0.761. The van der Waals surface area contributed by atoms with Crippen LogP contribution in [-0.2, 0) is 0 Å². The zero-order chi connectivity index (χ0) is 12.4. The second-order valence-electron chi connectivity index (χ2n) is 4.32. The number of hydrogen-bond donors (Lipinski definition) is 2. The van der Waals surface area contributed by atoms with Crippen molar-refractivity contribution in [2.45, 2.75) is 13.8 Å². The summed E-state index contributed by atoms with van der Waals surface area (Å²) < 4.78 is 0. The maximum Gasteiger partial charge on any atom is 0.256 e. The summed E-state index contributed by atoms with van der Waals surface area (Å²) in [4.78, 5) is 27.9. The van der Waals surface area contributed by atoms with Crippen LogP contribution >= 0.6 is 0 Å². The van der Waals surface area contributed by atoms with Crippen LogP contribution in [-0.4, -0.2) is 48.3 Å². The van der Waals surface area contributed by atoms with Crippen molar-refractivity contribution in [3.63, 3.8) is 0 Å². The zero-order valence-electron chi connectivity index (χ0n) is 10.2. The number of rotatable bonds is 2. The Labute approximate surface area is 100 Å². The van der Waals surface area contributed by atoms with Crippen LogP contribution in [0.3, 0.4) is 0 Å². The van der Waals surface area contributed by atoms with Gasteiger partial charge in [0.05, 0.1) is 11.3 Å². The number of H-pyrrole nitrogens is 1. The molecule has 0 radical (unpaired) electrons. The number of carbonyl (C=O) groups is 2. The van der Waals surface area contributed by atoms with E-state index in [1.54, 1.807) is 0 Å². The number of nitrogens with one attached hydrogen (secondary N) is 2. The van der Waals surface area contributed by atoms with E-state index in [9.17, 15) is 9.59 Å². The number of aryl methyl sites for hydroxylation is 1. The van der Waals surface area contributed by atoms with Crippen LogP contribution in [0.1, 0.15) is 32.1 Å². The predicted octanol–water partition coefficient (Wildman–Crippen LogP) is 0.489. The van der Waals surface area contributed by atoms with E-state index in [4.69, 9.17) is 0 Å². The lowest BCUT2D eigenvalue weighted by Crippen LogP contribution is -2.46. The highest BCUT2D eigenvalue weighted by Gasteiger charge is 2.23. The second kappa shape index (κ2) is 4.71. The quantitative estimate of drug-likeness (QED) is 0.733. The van der Waals surface area contributed by atoms with Crippen LogP contribution in [0.4, 0.5) is 0 Å². The summed E-state index contributed by atoms with van der Waals surface area (Å²) in [5, 5.41) is 3.21. The van der Waals surface area contributed by atoms with Crippen molar-refractivity contribution in [2.24, 2.45) is 0 Å². The molecular weight excluding hydrogens is 218 g/mol. The Morgan fingerprint density at radius 1 is 1.29 bits per heavy atom. The third-order valence-electron chi connectivity index (χ3n) is 3.21. The molecule has 0 aromatic carbocycles. The fourth-order valence-electron chi connectivity index (χ4n) is 2.24. The lowest BCUT2D eigenvalue weighted by molar-refractivity contribution is 0.0734. The Morgan fingerprint density at radius 3 is 2.47 bits per heavy atom. The Morgan fingerprint density at radius 2 is 1.94 bits per heavy atom. The fraction of sp³-hybridized carbons (Fsp3) is 0.500. The number of nitrogens with zero attached hydrogens (tertiary/aromatic N) is 1. The molecule has 0 unspecified atom stereocenters. The molecule has 1 aromatic heterocycles. The van der Waals surface area contributed by atoms with Gasteiger partial charge in [-0.3, -0.25) is 9.59 Å². The molecule has 1 saturated heterocycles. The van der Waals surface area contributed by atoms with Gasteiger partial charge >= 0.3 is 0 Å². The summed E-state index contributed by atoms with van der Waals surface area (Å²) in [7, 11) is 0. The van der Waals surface area contributed by atoms with E-state index in [-0.39, 0.29) is 5.91 Å². The van der Waals surface area contributed by atoms with E-state index in [1.807, 2.05) is 18.7 Å². The molecule has 0 saturated carbocycles. The molecule has 1 fully saturated rings. The smallest absolute Gasteiger partial charge is 0.256 e. The average molecular weight is 235 g/mol. The third kappa shape index (κ3) is 2.10. The van der Waals surface area contributed by atoms with Gasteiger partial charge in [0.25, 0.3) is 5.91 Å². The van der Waals surface area contributed by atoms with Gasteiger partial charge in [0, 0.05) is 31.9 Å². The molecule has 1 aliphatic heterocycles. The molecule has 1 aromatic rings. The molecule has 5 heteroatoms. The lowest BCUT2D eigenvalue weighted by Gasteiger charge is -2.27. The molecule has 0 bridgehead atoms. The molecule has 0 aliphatic carbocycles. The number of carbonyl (C=O) groups excluding carboxylic acids is 2. The van der Waals surface area contributed by atoms with Crippen molar-refractivity contribution in [1.29, 1.82) is 0 Å². The largest absolute Gasteiger partial charge is 0.356 e. The summed E-state index contributed by atoms with van der Waals surface area (Å²) in [5.41, 5.74) is 2.67. The summed E-state index contributed by atoms with van der Waals surface area (Å²) in [6, 6.07) is 0. The maximum absolute atomic E-state index is 12.3. The monoisotopic (exact) mass is 235 g/mol. The maximum atomic E-state index is 12.3. The van der Waals surface area contributed by atoms with Gasteiger partial charge in [-0.25, -0.2) is 0 Å². The SMILES string of the molecule is Cc1[nH]c(C=O)c(C)c1C(=O)N1CCNCC1. The molecule has 1 amide bonds. The molecule has 92 valence electrons. The van der Waals surface area contributed by atoms with Gasteiger partial charge in [0.2, 0.25) is 0 Å². The van der Waals surface area contributed by atoms with Gasteiger partial charge < -0.3 is 15.2 Å². The van der Waals surface area contributed by atoms with Crippen LogP contribution < -0.4 is 5.32 Å². The van der Waals surface area contributed by atoms with Gasteiger partial charge in [-0.15, -0.1) is 0 Å². The van der Waals surface area contributed by atoms with Gasteiger partial charge in [0.15, 0.2) is 6.29 Å². The predicted molar refractivity (Wildman–Crippen MR) is 64.4 cm³/mol. The molecule has 0 spiro atoms. The van der Waals surface area contributed by atoms with E-state index in [0.29, 0.717) is 11.3 Å². The number of aromatic amines is 1. The number of hydrogen-bond acceptors (Lipinski definition) is 3. The van der Waals surface area contributed by atoms with Crippen LogP contribution in [0, 0.1) is 13.8 Å². The zero-order valence-corrected chi connectivity index (χ0v) is 10.2. The standard InChI is InChI=1S/C12H17N3O2/c1-8-10(7-16)14-9(2)11(8)12(17)15-5-3-13-4-6-15/h7,13-14H,3-6H2,1-2H3. The second-order valence-corrected chi connectivity index (χ2v) is 4.32. The Bertz CT molecular complexity index is 445. The molecule has 2 rings (SSSR count). The summed E-state index contributed by atoms with van der Waals surface area (Å²) in [5.74, 6) is 0.0193. The number of piperazine rings is 1. The van der Waals surface area contributed by atoms with E-state index in [0.717, 1.165) is 43.7 Å². The molecule has 0 atom stereocenters. The number of aromatic nitrogens is 1. The Hall–Kier alpha value is -1.62. The fourth-order valence-corrected chi connectivity index (χ4v) is 2.24. The molecule has 5 nitrogen and oxygen atoms in total. The van der Waals surface area contributed by atoms with Crippen molar-refractivity contribution in [1.82, 2.24) is 15.2 Å². The first-order chi connectivity index (χ1) is 8.15. The first-order valence-corrected chi connectivity index (χ1v) is 5.79. The van der Waals surface area contributed by atoms with E-state index < -0.39 is 0 Å². The highest BCUT2D eigenvalue weighted by molar-refractivity contribution is 5.99. The minimum Gasteiger partial charge on any atom is -0.356 e. The van der Waals surface area contributed by atoms with Gasteiger partial charge in [-0.2, -0.15) is 0 Å². The lowest BCUT2D eigenvalue weighted by atomic mass is 10.1. The van der Waals surface area contributed by atoms with Crippen LogP contribution in [0.25, 0.3) is 0 Å². The first-order valence-electron chi connectivity index (χ1n) is 5.79. The van der Waals surface area contributed by atoms with Crippen molar-refractivity contribution in [3.05, 3.63) is 22.5 Å². The number of aldehydes is 1. The summed E-state index contributed by atoms with van der Waals surface area (Å²) in [6.45, 7) is 6.74.